The van der Waals surface area contributed by atoms with E-state index < -0.39 is 0 Å². The van der Waals surface area contributed by atoms with E-state index in [1.807, 2.05) is 102 Å². The van der Waals surface area contributed by atoms with Crippen molar-refractivity contribution in [1.82, 2.24) is 34.7 Å². The van der Waals surface area contributed by atoms with Crippen molar-refractivity contribution < 1.29 is 18.9 Å². The van der Waals surface area contributed by atoms with Crippen LogP contribution in [0.4, 0.5) is 34.6 Å². The van der Waals surface area contributed by atoms with Gasteiger partial charge in [-0.15, -0.1) is 0 Å². The smallest absolute Gasteiger partial charge is 0.234 e. The number of nitrogens with zero attached hydrogens (tertiary/aromatic N) is 10. The number of hydrogen-bond donors (Lipinski definition) is 2. The molecule has 2 fully saturated rings. The summed E-state index contributed by atoms with van der Waals surface area (Å²) in [4.78, 5) is 53.1. The number of para-hydroxylation sites is 1. The first-order chi connectivity index (χ1) is 31.3. The average Bonchev–Trinajstić information content (AvgIpc) is 4.09. The highest BCUT2D eigenvalue weighted by Crippen LogP contribution is 2.34. The second-order valence-electron chi connectivity index (χ2n) is 15.4. The van der Waals surface area contributed by atoms with Crippen LogP contribution in [0, 0.1) is 0 Å². The van der Waals surface area contributed by atoms with Crippen molar-refractivity contribution in [1.29, 1.82) is 0 Å². The van der Waals surface area contributed by atoms with Crippen LogP contribution >= 0.6 is 23.2 Å². The first-order valence-corrected chi connectivity index (χ1v) is 21.5. The van der Waals surface area contributed by atoms with Gasteiger partial charge in [-0.25, -0.2) is 24.6 Å². The van der Waals surface area contributed by atoms with E-state index in [4.69, 9.17) is 43.0 Å². The van der Waals surface area contributed by atoms with Crippen LogP contribution in [0.3, 0.4) is 0 Å². The molecule has 10 rings (SSSR count). The third kappa shape index (κ3) is 8.76. The summed E-state index contributed by atoms with van der Waals surface area (Å²) in [6, 6.07) is 22.3. The Bertz CT molecular complexity index is 2980. The number of hydrogen-bond acceptors (Lipinski definition) is 11. The molecule has 0 bridgehead atoms. The molecule has 2 saturated heterocycles. The van der Waals surface area contributed by atoms with Gasteiger partial charge in [0, 0.05) is 24.7 Å². The Balaban J connectivity index is 0.878. The standard InChI is InChI=1S/C47H39Cl2N12O3/c48-39-25-51-46(55-44(39)30-9-7-14-38(19-30)64-37-12-5-2-6-13-37)53-31-20-34(24-50-23-31)60-29-35(22-43(60)63)58-27-32(21-36(28-58)59-17-8-15-42(59)62)54-47-52-26-40(49)45(56-47)41-16-18-61(57-41)33-10-3-1-4-11-33/h2-3,5-7,9-14,16,18-21,23-28,35H,1,4,8,15,17,22,29H2,(H,51,53,55)(H,52,54,56)/q+1. The Morgan fingerprint density at radius 1 is 0.750 bits per heavy atom. The zero-order valence-corrected chi connectivity index (χ0v) is 35.7. The molecule has 15 nitrogen and oxygen atoms in total. The minimum absolute atomic E-state index is 0.0362. The summed E-state index contributed by atoms with van der Waals surface area (Å²) in [6.07, 6.45) is 21.8. The van der Waals surface area contributed by atoms with Gasteiger partial charge >= 0.3 is 0 Å². The molecule has 0 saturated carbocycles. The first kappa shape index (κ1) is 40.6. The maximum Gasteiger partial charge on any atom is 0.234 e. The molecule has 17 heteroatoms. The molecular formula is C47H39Cl2N12O3+. The number of amides is 2. The zero-order valence-electron chi connectivity index (χ0n) is 34.2. The second-order valence-corrected chi connectivity index (χ2v) is 16.2. The molecule has 318 valence electrons. The normalized spacial score (nSPS) is 16.0. The second kappa shape index (κ2) is 17.7. The summed E-state index contributed by atoms with van der Waals surface area (Å²) >= 11 is 13.2. The Labute approximate surface area is 377 Å². The minimum Gasteiger partial charge on any atom is -0.457 e. The predicted octanol–water partition coefficient (Wildman–Crippen LogP) is 9.36. The molecule has 1 aliphatic carbocycles. The minimum atomic E-state index is -0.278. The van der Waals surface area contributed by atoms with Crippen LogP contribution in [-0.4, -0.2) is 59.6 Å². The van der Waals surface area contributed by atoms with Gasteiger partial charge in [-0.05, 0) is 67.8 Å². The van der Waals surface area contributed by atoms with Gasteiger partial charge < -0.3 is 25.2 Å². The molecule has 3 aliphatic rings. The van der Waals surface area contributed by atoms with Crippen LogP contribution in [0.2, 0.25) is 10.0 Å². The van der Waals surface area contributed by atoms with Crippen molar-refractivity contribution in [3.63, 3.8) is 0 Å². The number of anilines is 6. The summed E-state index contributed by atoms with van der Waals surface area (Å²) in [5.74, 6) is 1.89. The topological polar surface area (TPSA) is 160 Å². The fraction of sp³-hybridized carbons (Fsp3) is 0.170. The molecule has 7 aromatic rings. The highest BCUT2D eigenvalue weighted by molar-refractivity contribution is 6.33. The largest absolute Gasteiger partial charge is 0.457 e. The maximum atomic E-state index is 13.8. The number of rotatable bonds is 12. The molecule has 2 aromatic carbocycles. The summed E-state index contributed by atoms with van der Waals surface area (Å²) < 4.78 is 9.82. The first-order valence-electron chi connectivity index (χ1n) is 20.8. The van der Waals surface area contributed by atoms with Crippen molar-refractivity contribution in [2.75, 3.05) is 33.5 Å². The van der Waals surface area contributed by atoms with Crippen molar-refractivity contribution in [2.45, 2.75) is 38.1 Å². The van der Waals surface area contributed by atoms with Gasteiger partial charge in [-0.3, -0.25) is 14.6 Å². The fourth-order valence-corrected chi connectivity index (χ4v) is 8.29. The number of carbonyl (C=O) groups excluding carboxylic acids is 2. The van der Waals surface area contributed by atoms with Gasteiger partial charge in [0.2, 0.25) is 23.7 Å². The molecule has 64 heavy (non-hydrogen) atoms. The number of halogens is 2. The fourth-order valence-electron chi connectivity index (χ4n) is 7.90. The van der Waals surface area contributed by atoms with E-state index in [-0.39, 0.29) is 24.3 Å². The Hall–Kier alpha value is -7.49. The van der Waals surface area contributed by atoms with Gasteiger partial charge in [0.1, 0.15) is 34.3 Å². The van der Waals surface area contributed by atoms with Gasteiger partial charge in [0.25, 0.3) is 0 Å². The molecule has 2 N–H and O–H groups in total. The van der Waals surface area contributed by atoms with Gasteiger partial charge in [-0.2, -0.15) is 9.67 Å². The number of nitrogens with one attached hydrogen (secondary N) is 2. The van der Waals surface area contributed by atoms with E-state index in [9.17, 15) is 9.59 Å². The van der Waals surface area contributed by atoms with Gasteiger partial charge in [0.05, 0.1) is 70.6 Å². The molecule has 7 heterocycles. The van der Waals surface area contributed by atoms with Crippen molar-refractivity contribution >= 4 is 75.4 Å². The lowest BCUT2D eigenvalue weighted by Gasteiger charge is -2.18. The van der Waals surface area contributed by atoms with Crippen LogP contribution < -0.4 is 29.7 Å². The highest BCUT2D eigenvalue weighted by Gasteiger charge is 2.38. The Kier molecular flexibility index (Phi) is 11.2. The number of carbonyl (C=O) groups is 2. The monoisotopic (exact) mass is 889 g/mol. The zero-order chi connectivity index (χ0) is 43.6. The molecule has 5 aromatic heterocycles. The third-order valence-corrected chi connectivity index (χ3v) is 11.5. The Morgan fingerprint density at radius 2 is 1.53 bits per heavy atom. The van der Waals surface area contributed by atoms with E-state index in [1.165, 1.54) is 12.4 Å². The molecule has 0 radical (unpaired) electrons. The lowest BCUT2D eigenvalue weighted by molar-refractivity contribution is -0.716. The summed E-state index contributed by atoms with van der Waals surface area (Å²) in [5.41, 5.74) is 5.83. The summed E-state index contributed by atoms with van der Waals surface area (Å²) in [5, 5.41) is 12.0. The lowest BCUT2D eigenvalue weighted by atomic mass is 10.1. The van der Waals surface area contributed by atoms with Crippen LogP contribution in [0.5, 0.6) is 11.5 Å². The van der Waals surface area contributed by atoms with Crippen molar-refractivity contribution in [2.24, 2.45) is 0 Å². The van der Waals surface area contributed by atoms with Crippen LogP contribution in [0.25, 0.3) is 28.3 Å². The average molecular weight is 891 g/mol. The van der Waals surface area contributed by atoms with Crippen LogP contribution in [0.1, 0.15) is 38.1 Å². The molecule has 2 aliphatic heterocycles. The van der Waals surface area contributed by atoms with E-state index in [1.54, 1.807) is 26.9 Å². The number of allylic oxidation sites excluding steroid dienone is 4. The highest BCUT2D eigenvalue weighted by atomic mass is 35.5. The number of benzene rings is 2. The lowest BCUT2D eigenvalue weighted by Crippen LogP contribution is -2.42. The molecular weight excluding hydrogens is 852 g/mol. The summed E-state index contributed by atoms with van der Waals surface area (Å²) in [7, 11) is 0. The number of pyridine rings is 2. The quantitative estimate of drug-likeness (QED) is 0.113. The number of ether oxygens (including phenoxy) is 1. The maximum absolute atomic E-state index is 13.8. The van der Waals surface area contributed by atoms with E-state index in [0.717, 1.165) is 30.5 Å². The van der Waals surface area contributed by atoms with Gasteiger partial charge in [-0.1, -0.05) is 65.7 Å². The number of aromatic nitrogens is 8. The van der Waals surface area contributed by atoms with E-state index >= 15 is 0 Å². The van der Waals surface area contributed by atoms with Crippen LogP contribution in [0.15, 0.2) is 134 Å². The van der Waals surface area contributed by atoms with E-state index in [0.29, 0.717) is 92.8 Å². The van der Waals surface area contributed by atoms with E-state index in [2.05, 4.69) is 37.7 Å². The predicted molar refractivity (Wildman–Crippen MR) is 245 cm³/mol. The third-order valence-electron chi connectivity index (χ3n) is 11.0. The van der Waals surface area contributed by atoms with Crippen molar-refractivity contribution in [3.05, 3.63) is 144 Å². The van der Waals surface area contributed by atoms with Gasteiger partial charge in [0.15, 0.2) is 18.4 Å². The molecule has 2 amide bonds. The Morgan fingerprint density at radius 3 is 2.33 bits per heavy atom. The molecule has 0 spiro atoms. The molecule has 1 unspecified atom stereocenters. The SMILES string of the molecule is O=C1CCCN1c1cc(Nc2ncc(Cl)c(-c3ccn(C4=CCCC=C4)n3)n2)c[n+](C2CC(=O)N(c3cncc(Nc4ncc(Cl)c(-c5cccc(Oc6ccccc6)c5)n4)c3)C2)c1. The summed E-state index contributed by atoms with van der Waals surface area (Å²) in [6.45, 7) is 0.942. The van der Waals surface area contributed by atoms with Crippen LogP contribution in [-0.2, 0) is 9.59 Å². The molecule has 1 atom stereocenters. The van der Waals surface area contributed by atoms with Crippen molar-refractivity contribution in [3.8, 4) is 34.1 Å².